The van der Waals surface area contributed by atoms with Gasteiger partial charge in [0, 0.05) is 69.6 Å². The Balaban J connectivity index is 0.863. The highest BCUT2D eigenvalue weighted by Gasteiger charge is 2.58. The summed E-state index contributed by atoms with van der Waals surface area (Å²) < 4.78 is 4.00. The summed E-state index contributed by atoms with van der Waals surface area (Å²) in [6.45, 7) is 6.21. The standard InChI is InChI=1S/C23H29N9O/c1-28-14-25-18(6-24)19(28)7-29-8-23(9-29)12-31(13-23)21(33)30-10-22(11-30)4-17(5-22)32-15-26-20(27-32)16-2-3-16/h14-17H,2-5,7-13H2,1H3. The quantitative estimate of drug-likeness (QED) is 0.701. The number of hydrogen-bond donors (Lipinski definition) is 0. The van der Waals surface area contributed by atoms with Gasteiger partial charge in [-0.25, -0.2) is 19.4 Å². The molecule has 3 saturated heterocycles. The molecule has 5 aliphatic rings. The van der Waals surface area contributed by atoms with Gasteiger partial charge in [0.2, 0.25) is 0 Å². The van der Waals surface area contributed by atoms with Gasteiger partial charge < -0.3 is 14.4 Å². The van der Waals surface area contributed by atoms with Gasteiger partial charge in [-0.05, 0) is 25.7 Å². The van der Waals surface area contributed by atoms with Crippen molar-refractivity contribution in [1.82, 2.24) is 39.0 Å². The van der Waals surface area contributed by atoms with Gasteiger partial charge in [0.05, 0.1) is 18.1 Å². The van der Waals surface area contributed by atoms with Crippen LogP contribution in [0.1, 0.15) is 54.9 Å². The maximum atomic E-state index is 12.9. The van der Waals surface area contributed by atoms with Crippen LogP contribution in [-0.4, -0.2) is 84.3 Å². The van der Waals surface area contributed by atoms with E-state index in [1.807, 2.05) is 27.7 Å². The molecule has 5 fully saturated rings. The molecule has 2 spiro atoms. The van der Waals surface area contributed by atoms with Gasteiger partial charge in [-0.1, -0.05) is 0 Å². The summed E-state index contributed by atoms with van der Waals surface area (Å²) in [6.07, 6.45) is 8.30. The lowest BCUT2D eigenvalue weighted by molar-refractivity contribution is -0.120. The third kappa shape index (κ3) is 3.01. The molecule has 2 aromatic rings. The summed E-state index contributed by atoms with van der Waals surface area (Å²) in [5, 5.41) is 13.9. The van der Waals surface area contributed by atoms with Crippen LogP contribution in [0.25, 0.3) is 0 Å². The Morgan fingerprint density at radius 3 is 2.42 bits per heavy atom. The average molecular weight is 448 g/mol. The monoisotopic (exact) mass is 447 g/mol. The van der Waals surface area contributed by atoms with Crippen molar-refractivity contribution in [3.05, 3.63) is 29.9 Å². The van der Waals surface area contributed by atoms with E-state index < -0.39 is 0 Å². The molecule has 0 aromatic carbocycles. The molecule has 2 amide bonds. The molecule has 10 heteroatoms. The van der Waals surface area contributed by atoms with Crippen molar-refractivity contribution in [3.8, 4) is 6.07 Å². The molecular formula is C23H29N9O. The van der Waals surface area contributed by atoms with Crippen molar-refractivity contribution in [2.75, 3.05) is 39.3 Å². The summed E-state index contributed by atoms with van der Waals surface area (Å²) in [6, 6.07) is 2.84. The molecule has 2 aromatic heterocycles. The van der Waals surface area contributed by atoms with E-state index in [-0.39, 0.29) is 11.4 Å². The average Bonchev–Trinajstić information content (AvgIpc) is 3.32. The van der Waals surface area contributed by atoms with E-state index in [2.05, 4.69) is 25.6 Å². The maximum Gasteiger partial charge on any atom is 0.320 e. The van der Waals surface area contributed by atoms with Crippen molar-refractivity contribution in [2.45, 2.75) is 44.2 Å². The molecule has 0 N–H and O–H groups in total. The summed E-state index contributed by atoms with van der Waals surface area (Å²) in [7, 11) is 1.93. The SMILES string of the molecule is Cn1cnc(C#N)c1CN1CC2(C1)CN(C(=O)N1CC3(CC(n4cnc(C5CC5)n4)C3)C1)C2. The Hall–Kier alpha value is -2.93. The van der Waals surface area contributed by atoms with E-state index in [1.54, 1.807) is 6.33 Å². The Bertz CT molecular complexity index is 1140. The van der Waals surface area contributed by atoms with Crippen LogP contribution >= 0.6 is 0 Å². The molecule has 10 nitrogen and oxygen atoms in total. The summed E-state index contributed by atoms with van der Waals surface area (Å²) >= 11 is 0. The van der Waals surface area contributed by atoms with Gasteiger partial charge in [0.15, 0.2) is 11.5 Å². The Labute approximate surface area is 192 Å². The Morgan fingerprint density at radius 2 is 1.76 bits per heavy atom. The Morgan fingerprint density at radius 1 is 1.06 bits per heavy atom. The minimum absolute atomic E-state index is 0.211. The molecule has 2 aliphatic carbocycles. The molecule has 7 rings (SSSR count). The van der Waals surface area contributed by atoms with Gasteiger partial charge in [-0.3, -0.25) is 4.90 Å². The number of hydrogen-bond acceptors (Lipinski definition) is 6. The highest BCUT2D eigenvalue weighted by atomic mass is 16.2. The summed E-state index contributed by atoms with van der Waals surface area (Å²) in [5.74, 6) is 1.62. The van der Waals surface area contributed by atoms with Crippen molar-refractivity contribution < 1.29 is 4.79 Å². The molecule has 172 valence electrons. The molecular weight excluding hydrogens is 418 g/mol. The minimum atomic E-state index is 0.211. The fourth-order valence-corrected chi connectivity index (χ4v) is 6.54. The number of urea groups is 1. The number of nitrogens with zero attached hydrogens (tertiary/aromatic N) is 9. The normalized spacial score (nSPS) is 25.3. The number of aromatic nitrogens is 5. The van der Waals surface area contributed by atoms with Gasteiger partial charge in [0.25, 0.3) is 0 Å². The van der Waals surface area contributed by atoms with Crippen LogP contribution in [0.2, 0.25) is 0 Å². The van der Waals surface area contributed by atoms with Gasteiger partial charge >= 0.3 is 6.03 Å². The second-order valence-electron chi connectivity index (χ2n) is 11.3. The highest BCUT2D eigenvalue weighted by Crippen LogP contribution is 2.54. The van der Waals surface area contributed by atoms with Crippen molar-refractivity contribution >= 4 is 6.03 Å². The van der Waals surface area contributed by atoms with E-state index >= 15 is 0 Å². The second-order valence-corrected chi connectivity index (χ2v) is 11.3. The van der Waals surface area contributed by atoms with Crippen LogP contribution < -0.4 is 0 Å². The summed E-state index contributed by atoms with van der Waals surface area (Å²) in [4.78, 5) is 28.0. The first-order chi connectivity index (χ1) is 15.9. The molecule has 0 atom stereocenters. The largest absolute Gasteiger partial charge is 0.335 e. The van der Waals surface area contributed by atoms with E-state index in [0.717, 1.165) is 70.2 Å². The number of carbonyl (C=O) groups is 1. The number of likely N-dealkylation sites (tertiary alicyclic amines) is 3. The zero-order valence-electron chi connectivity index (χ0n) is 19.0. The molecule has 0 unspecified atom stereocenters. The number of carbonyl (C=O) groups excluding carboxylic acids is 1. The van der Waals surface area contributed by atoms with E-state index in [0.29, 0.717) is 23.1 Å². The number of imidazole rings is 1. The van der Waals surface area contributed by atoms with Crippen molar-refractivity contribution in [3.63, 3.8) is 0 Å². The first-order valence-electron chi connectivity index (χ1n) is 12.0. The summed E-state index contributed by atoms with van der Waals surface area (Å²) in [5.41, 5.74) is 2.04. The van der Waals surface area contributed by atoms with Crippen molar-refractivity contribution in [1.29, 1.82) is 5.26 Å². The fourth-order valence-electron chi connectivity index (χ4n) is 6.54. The third-order valence-electron chi connectivity index (χ3n) is 8.48. The van der Waals surface area contributed by atoms with Crippen LogP contribution in [0.3, 0.4) is 0 Å². The third-order valence-corrected chi connectivity index (χ3v) is 8.48. The number of aryl methyl sites for hydroxylation is 1. The highest BCUT2D eigenvalue weighted by molar-refractivity contribution is 5.77. The number of nitriles is 1. The molecule has 33 heavy (non-hydrogen) atoms. The first-order valence-corrected chi connectivity index (χ1v) is 12.0. The minimum Gasteiger partial charge on any atom is -0.335 e. The lowest BCUT2D eigenvalue weighted by atomic mass is 9.60. The first kappa shape index (κ1) is 19.5. The zero-order chi connectivity index (χ0) is 22.4. The molecule has 0 bridgehead atoms. The smallest absolute Gasteiger partial charge is 0.320 e. The van der Waals surface area contributed by atoms with Crippen LogP contribution in [-0.2, 0) is 13.6 Å². The van der Waals surface area contributed by atoms with Crippen LogP contribution in [0.4, 0.5) is 4.79 Å². The van der Waals surface area contributed by atoms with E-state index in [9.17, 15) is 10.1 Å². The van der Waals surface area contributed by atoms with Gasteiger partial charge in [-0.2, -0.15) is 10.4 Å². The Kier molecular flexibility index (Phi) is 3.89. The van der Waals surface area contributed by atoms with Crippen LogP contribution in [0, 0.1) is 22.2 Å². The fraction of sp³-hybridized carbons (Fsp3) is 0.696. The van der Waals surface area contributed by atoms with Gasteiger partial charge in [-0.15, -0.1) is 0 Å². The predicted octanol–water partition coefficient (Wildman–Crippen LogP) is 1.34. The van der Waals surface area contributed by atoms with Crippen LogP contribution in [0.5, 0.6) is 0 Å². The zero-order valence-corrected chi connectivity index (χ0v) is 19.0. The van der Waals surface area contributed by atoms with Crippen molar-refractivity contribution in [2.24, 2.45) is 17.9 Å². The van der Waals surface area contributed by atoms with E-state index in [1.165, 1.54) is 12.8 Å². The topological polar surface area (TPSA) is 99.1 Å². The molecule has 3 aliphatic heterocycles. The number of rotatable bonds is 4. The molecule has 5 heterocycles. The number of amides is 2. The maximum absolute atomic E-state index is 12.9. The molecule has 0 radical (unpaired) electrons. The lowest BCUT2D eigenvalue weighted by Gasteiger charge is -2.63. The van der Waals surface area contributed by atoms with E-state index in [4.69, 9.17) is 5.10 Å². The molecule has 2 saturated carbocycles. The predicted molar refractivity (Wildman–Crippen MR) is 117 cm³/mol. The van der Waals surface area contributed by atoms with Gasteiger partial charge in [0.1, 0.15) is 12.4 Å². The lowest BCUT2D eigenvalue weighted by Crippen LogP contribution is -2.75. The van der Waals surface area contributed by atoms with Crippen LogP contribution in [0.15, 0.2) is 12.7 Å². The second kappa shape index (κ2) is 6.56.